The number of benzene rings is 2. The molecule has 0 radical (unpaired) electrons. The Morgan fingerprint density at radius 2 is 1.85 bits per heavy atom. The molecule has 2 aromatic rings. The summed E-state index contributed by atoms with van der Waals surface area (Å²) < 4.78 is 0. The first-order chi connectivity index (χ1) is 12.9. The molecule has 4 nitrogen and oxygen atoms in total. The Labute approximate surface area is 165 Å². The largest absolute Gasteiger partial charge is 0.325 e. The molecular formula is C22H25ClN2O2. The maximum atomic E-state index is 12.8. The fourth-order valence-electron chi connectivity index (χ4n) is 3.62. The molecule has 1 aliphatic rings. The van der Waals surface area contributed by atoms with Gasteiger partial charge in [-0.25, -0.2) is 0 Å². The van der Waals surface area contributed by atoms with Crippen LogP contribution in [0.5, 0.6) is 0 Å². The van der Waals surface area contributed by atoms with Crippen LogP contribution in [0.3, 0.4) is 0 Å². The third kappa shape index (κ3) is 4.01. The smallest absolute Gasteiger partial charge is 0.229 e. The number of anilines is 2. The maximum absolute atomic E-state index is 12.8. The van der Waals surface area contributed by atoms with E-state index in [0.717, 1.165) is 35.2 Å². The first-order valence-corrected chi connectivity index (χ1v) is 9.80. The van der Waals surface area contributed by atoms with Gasteiger partial charge in [-0.1, -0.05) is 49.7 Å². The fraction of sp³-hybridized carbons (Fsp3) is 0.364. The number of amides is 2. The molecule has 0 aliphatic carbocycles. The van der Waals surface area contributed by atoms with Gasteiger partial charge in [0.1, 0.15) is 0 Å². The summed E-state index contributed by atoms with van der Waals surface area (Å²) in [6.07, 6.45) is 1.93. The molecule has 2 aromatic carbocycles. The molecule has 1 fully saturated rings. The quantitative estimate of drug-likeness (QED) is 0.807. The number of aryl methyl sites for hydroxylation is 3. The minimum atomic E-state index is -0.370. The van der Waals surface area contributed by atoms with Crippen molar-refractivity contribution in [1.82, 2.24) is 0 Å². The summed E-state index contributed by atoms with van der Waals surface area (Å²) in [6, 6.07) is 11.6. The molecule has 2 amide bonds. The molecule has 5 heteroatoms. The highest BCUT2D eigenvalue weighted by Crippen LogP contribution is 2.33. The van der Waals surface area contributed by atoms with Gasteiger partial charge in [0.15, 0.2) is 0 Å². The van der Waals surface area contributed by atoms with Gasteiger partial charge in [0.05, 0.1) is 5.92 Å². The molecule has 0 saturated carbocycles. The Bertz CT molecular complexity index is 856. The van der Waals surface area contributed by atoms with Crippen molar-refractivity contribution < 1.29 is 9.59 Å². The van der Waals surface area contributed by atoms with Crippen molar-refractivity contribution in [2.24, 2.45) is 5.92 Å². The second-order valence-corrected chi connectivity index (χ2v) is 7.42. The van der Waals surface area contributed by atoms with E-state index in [1.54, 1.807) is 17.0 Å². The molecule has 3 rings (SSSR count). The van der Waals surface area contributed by atoms with Crippen LogP contribution in [0.15, 0.2) is 36.4 Å². The number of carbonyl (C=O) groups is 2. The molecule has 0 bridgehead atoms. The van der Waals surface area contributed by atoms with Crippen LogP contribution < -0.4 is 10.2 Å². The molecule has 1 atom stereocenters. The average molecular weight is 385 g/mol. The molecule has 142 valence electrons. The first kappa shape index (κ1) is 19.4. The van der Waals surface area contributed by atoms with Gasteiger partial charge < -0.3 is 10.2 Å². The monoisotopic (exact) mass is 384 g/mol. The standard InChI is InChI=1S/C22H25ClN2O2/c1-4-15-7-6-8-16(5-2)21(15)25-13-17(11-20(25)26)22(27)24-19-12-18(23)10-9-14(19)3/h6-10,12,17H,4-5,11,13H2,1-3H3,(H,24,27)/t17-/m0/s1. The minimum Gasteiger partial charge on any atom is -0.325 e. The van der Waals surface area contributed by atoms with Crippen molar-refractivity contribution in [1.29, 1.82) is 0 Å². The van der Waals surface area contributed by atoms with Gasteiger partial charge in [-0.15, -0.1) is 0 Å². The molecule has 1 N–H and O–H groups in total. The van der Waals surface area contributed by atoms with Crippen molar-refractivity contribution in [3.05, 3.63) is 58.1 Å². The Hall–Kier alpha value is -2.33. The van der Waals surface area contributed by atoms with Crippen LogP contribution in [-0.2, 0) is 22.4 Å². The van der Waals surface area contributed by atoms with Gasteiger partial charge >= 0.3 is 0 Å². The van der Waals surface area contributed by atoms with Crippen LogP contribution in [0, 0.1) is 12.8 Å². The van der Waals surface area contributed by atoms with Gasteiger partial charge in [-0.2, -0.15) is 0 Å². The van der Waals surface area contributed by atoms with Gasteiger partial charge in [0, 0.05) is 29.4 Å². The number of nitrogens with zero attached hydrogens (tertiary/aromatic N) is 1. The Kier molecular flexibility index (Phi) is 5.85. The van der Waals surface area contributed by atoms with E-state index in [1.165, 1.54) is 0 Å². The van der Waals surface area contributed by atoms with Crippen LogP contribution in [0.25, 0.3) is 0 Å². The SMILES string of the molecule is CCc1cccc(CC)c1N1C[C@@H](C(=O)Nc2cc(Cl)ccc2C)CC1=O. The number of rotatable bonds is 5. The number of para-hydroxylation sites is 1. The number of halogens is 1. The van der Waals surface area contributed by atoms with Crippen molar-refractivity contribution in [2.45, 2.75) is 40.0 Å². The molecule has 0 spiro atoms. The highest BCUT2D eigenvalue weighted by atomic mass is 35.5. The number of hydrogen-bond acceptors (Lipinski definition) is 2. The summed E-state index contributed by atoms with van der Waals surface area (Å²) in [5.74, 6) is -0.498. The Balaban J connectivity index is 1.82. The summed E-state index contributed by atoms with van der Waals surface area (Å²) in [5, 5.41) is 3.51. The zero-order valence-electron chi connectivity index (χ0n) is 16.0. The maximum Gasteiger partial charge on any atom is 0.229 e. The lowest BCUT2D eigenvalue weighted by atomic mass is 10.0. The highest BCUT2D eigenvalue weighted by molar-refractivity contribution is 6.31. The van der Waals surface area contributed by atoms with E-state index < -0.39 is 0 Å². The third-order valence-corrected chi connectivity index (χ3v) is 5.42. The predicted molar refractivity (Wildman–Crippen MR) is 110 cm³/mol. The zero-order valence-corrected chi connectivity index (χ0v) is 16.8. The molecule has 1 saturated heterocycles. The Morgan fingerprint density at radius 3 is 2.48 bits per heavy atom. The van der Waals surface area contributed by atoms with E-state index >= 15 is 0 Å². The van der Waals surface area contributed by atoms with Crippen LogP contribution in [0.4, 0.5) is 11.4 Å². The number of carbonyl (C=O) groups excluding carboxylic acids is 2. The molecule has 1 heterocycles. The normalized spacial score (nSPS) is 16.7. The summed E-state index contributed by atoms with van der Waals surface area (Å²) >= 11 is 6.04. The number of nitrogens with one attached hydrogen (secondary N) is 1. The summed E-state index contributed by atoms with van der Waals surface area (Å²) in [4.78, 5) is 27.3. The fourth-order valence-corrected chi connectivity index (χ4v) is 3.80. The summed E-state index contributed by atoms with van der Waals surface area (Å²) in [7, 11) is 0. The topological polar surface area (TPSA) is 49.4 Å². The van der Waals surface area contributed by atoms with Gasteiger partial charge in [0.2, 0.25) is 11.8 Å². The lowest BCUT2D eigenvalue weighted by Crippen LogP contribution is -2.29. The van der Waals surface area contributed by atoms with Crippen LogP contribution in [0.1, 0.15) is 37.0 Å². The Morgan fingerprint density at radius 1 is 1.19 bits per heavy atom. The highest BCUT2D eigenvalue weighted by Gasteiger charge is 2.36. The number of hydrogen-bond donors (Lipinski definition) is 1. The van der Waals surface area contributed by atoms with Crippen LogP contribution >= 0.6 is 11.6 Å². The molecular weight excluding hydrogens is 360 g/mol. The van der Waals surface area contributed by atoms with Gasteiger partial charge in [0.25, 0.3) is 0 Å². The second kappa shape index (κ2) is 8.13. The lowest BCUT2D eigenvalue weighted by Gasteiger charge is -2.23. The third-order valence-electron chi connectivity index (χ3n) is 5.19. The average Bonchev–Trinajstić information content (AvgIpc) is 3.05. The first-order valence-electron chi connectivity index (χ1n) is 9.42. The van der Waals surface area contributed by atoms with E-state index in [1.807, 2.05) is 19.1 Å². The van der Waals surface area contributed by atoms with Gasteiger partial charge in [-0.3, -0.25) is 9.59 Å². The van der Waals surface area contributed by atoms with Crippen LogP contribution in [-0.4, -0.2) is 18.4 Å². The molecule has 0 aromatic heterocycles. The van der Waals surface area contributed by atoms with E-state index in [4.69, 9.17) is 11.6 Å². The van der Waals surface area contributed by atoms with Crippen molar-refractivity contribution >= 4 is 34.8 Å². The summed E-state index contributed by atoms with van der Waals surface area (Å²) in [6.45, 7) is 6.51. The molecule has 1 aliphatic heterocycles. The van der Waals surface area contributed by atoms with Crippen LogP contribution in [0.2, 0.25) is 5.02 Å². The minimum absolute atomic E-state index is 0.00793. The van der Waals surface area contributed by atoms with Crippen molar-refractivity contribution in [3.63, 3.8) is 0 Å². The van der Waals surface area contributed by atoms with E-state index in [0.29, 0.717) is 17.3 Å². The van der Waals surface area contributed by atoms with Gasteiger partial charge in [-0.05, 0) is 48.6 Å². The van der Waals surface area contributed by atoms with E-state index in [2.05, 4.69) is 31.3 Å². The second-order valence-electron chi connectivity index (χ2n) is 6.99. The van der Waals surface area contributed by atoms with E-state index in [9.17, 15) is 9.59 Å². The zero-order chi connectivity index (χ0) is 19.6. The van der Waals surface area contributed by atoms with Crippen molar-refractivity contribution in [2.75, 3.05) is 16.8 Å². The molecule has 27 heavy (non-hydrogen) atoms. The summed E-state index contributed by atoms with van der Waals surface area (Å²) in [5.41, 5.74) is 4.92. The van der Waals surface area contributed by atoms with Crippen molar-refractivity contribution in [3.8, 4) is 0 Å². The molecule has 0 unspecified atom stereocenters. The van der Waals surface area contributed by atoms with E-state index in [-0.39, 0.29) is 24.2 Å². The lowest BCUT2D eigenvalue weighted by molar-refractivity contribution is -0.122. The predicted octanol–water partition coefficient (Wildman–Crippen LogP) is 4.76.